The van der Waals surface area contributed by atoms with Crippen molar-refractivity contribution in [2.45, 2.75) is 71.8 Å². The van der Waals surface area contributed by atoms with E-state index in [0.29, 0.717) is 12.8 Å². The van der Waals surface area contributed by atoms with Crippen LogP contribution in [0.5, 0.6) is 0 Å². The highest BCUT2D eigenvalue weighted by Crippen LogP contribution is 2.35. The first-order valence-corrected chi connectivity index (χ1v) is 7.19. The third-order valence-corrected chi connectivity index (χ3v) is 4.46. The van der Waals surface area contributed by atoms with Gasteiger partial charge in [0, 0.05) is 0 Å². The average Bonchev–Trinajstić information content (AvgIpc) is 2.75. The van der Waals surface area contributed by atoms with Crippen LogP contribution in [0.25, 0.3) is 0 Å². The lowest BCUT2D eigenvalue weighted by atomic mass is 9.79. The zero-order valence-corrected chi connectivity index (χ0v) is 12.5. The summed E-state index contributed by atoms with van der Waals surface area (Å²) in [5.74, 6) is -1.48. The molecule has 19 heavy (non-hydrogen) atoms. The summed E-state index contributed by atoms with van der Waals surface area (Å²) in [5.41, 5.74) is -1.19. The van der Waals surface area contributed by atoms with E-state index in [1.54, 1.807) is 13.8 Å². The van der Waals surface area contributed by atoms with Crippen LogP contribution in [-0.4, -0.2) is 22.6 Å². The fourth-order valence-corrected chi connectivity index (χ4v) is 2.71. The SMILES string of the molecule is CCC(C)(CC(C)C(=O)OC1(C)CCCC1)C(=O)O. The van der Waals surface area contributed by atoms with Crippen LogP contribution >= 0.6 is 0 Å². The summed E-state index contributed by atoms with van der Waals surface area (Å²) in [7, 11) is 0. The van der Waals surface area contributed by atoms with Crippen LogP contribution in [0.3, 0.4) is 0 Å². The van der Waals surface area contributed by atoms with Crippen molar-refractivity contribution in [2.24, 2.45) is 11.3 Å². The Kier molecular flexibility index (Phi) is 4.99. The van der Waals surface area contributed by atoms with E-state index in [0.717, 1.165) is 25.7 Å². The van der Waals surface area contributed by atoms with Crippen molar-refractivity contribution in [3.05, 3.63) is 0 Å². The number of carbonyl (C=O) groups is 2. The zero-order chi connectivity index (χ0) is 14.7. The molecule has 0 aliphatic heterocycles. The summed E-state index contributed by atoms with van der Waals surface area (Å²) in [5, 5.41) is 9.25. The van der Waals surface area contributed by atoms with Gasteiger partial charge in [-0.2, -0.15) is 0 Å². The minimum absolute atomic E-state index is 0.259. The van der Waals surface area contributed by atoms with E-state index in [-0.39, 0.29) is 17.5 Å². The molecule has 1 fully saturated rings. The van der Waals surface area contributed by atoms with Gasteiger partial charge in [-0.3, -0.25) is 9.59 Å². The minimum atomic E-state index is -0.852. The number of aliphatic carboxylic acids is 1. The van der Waals surface area contributed by atoms with Crippen molar-refractivity contribution in [3.8, 4) is 0 Å². The maximum Gasteiger partial charge on any atom is 0.309 e. The Labute approximate surface area is 115 Å². The van der Waals surface area contributed by atoms with Crippen LogP contribution in [0.2, 0.25) is 0 Å². The van der Waals surface area contributed by atoms with E-state index in [9.17, 15) is 14.7 Å². The van der Waals surface area contributed by atoms with Gasteiger partial charge >= 0.3 is 11.9 Å². The molecule has 0 amide bonds. The quantitative estimate of drug-likeness (QED) is 0.751. The van der Waals surface area contributed by atoms with E-state index >= 15 is 0 Å². The van der Waals surface area contributed by atoms with Gasteiger partial charge in [0.25, 0.3) is 0 Å². The van der Waals surface area contributed by atoms with Crippen LogP contribution in [0, 0.1) is 11.3 Å². The van der Waals surface area contributed by atoms with Gasteiger partial charge in [0.05, 0.1) is 11.3 Å². The fourth-order valence-electron chi connectivity index (χ4n) is 2.71. The predicted molar refractivity (Wildman–Crippen MR) is 72.8 cm³/mol. The minimum Gasteiger partial charge on any atom is -0.481 e. The van der Waals surface area contributed by atoms with Gasteiger partial charge in [-0.15, -0.1) is 0 Å². The van der Waals surface area contributed by atoms with Gasteiger partial charge in [0.2, 0.25) is 0 Å². The lowest BCUT2D eigenvalue weighted by Gasteiger charge is -2.29. The monoisotopic (exact) mass is 270 g/mol. The second kappa shape index (κ2) is 5.93. The van der Waals surface area contributed by atoms with Crippen molar-refractivity contribution < 1.29 is 19.4 Å². The van der Waals surface area contributed by atoms with Gasteiger partial charge in [-0.05, 0) is 52.4 Å². The van der Waals surface area contributed by atoms with Gasteiger partial charge in [-0.1, -0.05) is 13.8 Å². The summed E-state index contributed by atoms with van der Waals surface area (Å²) >= 11 is 0. The molecule has 0 aromatic carbocycles. The standard InChI is InChI=1S/C15H26O4/c1-5-14(3,13(17)18)10-11(2)12(16)19-15(4)8-6-7-9-15/h11H,5-10H2,1-4H3,(H,17,18). The molecule has 0 spiro atoms. The lowest BCUT2D eigenvalue weighted by molar-refractivity contribution is -0.164. The second-order valence-corrected chi connectivity index (χ2v) is 6.40. The van der Waals surface area contributed by atoms with Gasteiger partial charge < -0.3 is 9.84 Å². The van der Waals surface area contributed by atoms with Crippen LogP contribution in [0.1, 0.15) is 66.2 Å². The first-order chi connectivity index (χ1) is 8.72. The van der Waals surface area contributed by atoms with E-state index in [4.69, 9.17) is 4.74 Å². The largest absolute Gasteiger partial charge is 0.481 e. The van der Waals surface area contributed by atoms with Crippen LogP contribution in [0.15, 0.2) is 0 Å². The van der Waals surface area contributed by atoms with Gasteiger partial charge in [0.15, 0.2) is 0 Å². The zero-order valence-electron chi connectivity index (χ0n) is 12.5. The molecule has 0 aromatic heterocycles. The molecular formula is C15H26O4. The molecule has 1 aliphatic rings. The van der Waals surface area contributed by atoms with Gasteiger partial charge in [-0.25, -0.2) is 0 Å². The molecule has 2 atom stereocenters. The number of ether oxygens (including phenoxy) is 1. The lowest BCUT2D eigenvalue weighted by Crippen LogP contribution is -2.35. The Balaban J connectivity index is 2.59. The molecule has 0 radical (unpaired) electrons. The number of carboxylic acids is 1. The molecule has 110 valence electrons. The van der Waals surface area contributed by atoms with E-state index < -0.39 is 11.4 Å². The number of carboxylic acid groups (broad SMARTS) is 1. The fraction of sp³-hybridized carbons (Fsp3) is 0.867. The van der Waals surface area contributed by atoms with Crippen LogP contribution in [0.4, 0.5) is 0 Å². The van der Waals surface area contributed by atoms with Crippen LogP contribution < -0.4 is 0 Å². The number of carbonyl (C=O) groups excluding carboxylic acids is 1. The first kappa shape index (κ1) is 16.0. The van der Waals surface area contributed by atoms with E-state index in [1.165, 1.54) is 0 Å². The Morgan fingerprint density at radius 3 is 2.32 bits per heavy atom. The van der Waals surface area contributed by atoms with Crippen LogP contribution in [-0.2, 0) is 14.3 Å². The molecule has 1 aliphatic carbocycles. The van der Waals surface area contributed by atoms with Crippen molar-refractivity contribution in [3.63, 3.8) is 0 Å². The smallest absolute Gasteiger partial charge is 0.309 e. The predicted octanol–water partition coefficient (Wildman–Crippen LogP) is 3.39. The Morgan fingerprint density at radius 2 is 1.89 bits per heavy atom. The molecule has 1 rings (SSSR count). The highest BCUT2D eigenvalue weighted by molar-refractivity contribution is 5.77. The summed E-state index contributed by atoms with van der Waals surface area (Å²) in [6, 6.07) is 0. The summed E-state index contributed by atoms with van der Waals surface area (Å²) in [4.78, 5) is 23.4. The number of esters is 1. The molecule has 0 aromatic rings. The van der Waals surface area contributed by atoms with E-state index in [1.807, 2.05) is 13.8 Å². The van der Waals surface area contributed by atoms with Crippen molar-refractivity contribution >= 4 is 11.9 Å². The molecule has 4 heteroatoms. The Hall–Kier alpha value is -1.06. The summed E-state index contributed by atoms with van der Waals surface area (Å²) in [6.07, 6.45) is 4.86. The molecule has 0 bridgehead atoms. The molecule has 2 unspecified atom stereocenters. The third kappa shape index (κ3) is 3.95. The topological polar surface area (TPSA) is 63.6 Å². The van der Waals surface area contributed by atoms with Gasteiger partial charge in [0.1, 0.15) is 5.60 Å². The Bertz CT molecular complexity index is 344. The maximum atomic E-state index is 12.1. The molecule has 0 saturated heterocycles. The number of hydrogen-bond donors (Lipinski definition) is 1. The second-order valence-electron chi connectivity index (χ2n) is 6.40. The van der Waals surface area contributed by atoms with Crippen molar-refractivity contribution in [2.75, 3.05) is 0 Å². The molecular weight excluding hydrogens is 244 g/mol. The molecule has 1 saturated carbocycles. The first-order valence-electron chi connectivity index (χ1n) is 7.19. The number of hydrogen-bond acceptors (Lipinski definition) is 3. The Morgan fingerprint density at radius 1 is 1.37 bits per heavy atom. The molecule has 1 N–H and O–H groups in total. The average molecular weight is 270 g/mol. The normalized spacial score (nSPS) is 22.5. The molecule has 0 heterocycles. The number of rotatable bonds is 6. The summed E-state index contributed by atoms with van der Waals surface area (Å²) < 4.78 is 5.60. The summed E-state index contributed by atoms with van der Waals surface area (Å²) in [6.45, 7) is 7.26. The van der Waals surface area contributed by atoms with Crippen molar-refractivity contribution in [1.29, 1.82) is 0 Å². The maximum absolute atomic E-state index is 12.1. The molecule has 4 nitrogen and oxygen atoms in total. The highest BCUT2D eigenvalue weighted by Gasteiger charge is 2.38. The highest BCUT2D eigenvalue weighted by atomic mass is 16.6. The third-order valence-electron chi connectivity index (χ3n) is 4.46. The van der Waals surface area contributed by atoms with Crippen molar-refractivity contribution in [1.82, 2.24) is 0 Å². The van der Waals surface area contributed by atoms with E-state index in [2.05, 4.69) is 0 Å².